The summed E-state index contributed by atoms with van der Waals surface area (Å²) in [6.45, 7) is -4.01. The summed E-state index contributed by atoms with van der Waals surface area (Å²) in [5.74, 6) is -90.4. The highest BCUT2D eigenvalue weighted by molar-refractivity contribution is 6.93. The highest BCUT2D eigenvalue weighted by Crippen LogP contribution is 2.59. The molecule has 6 aromatic carbocycles. The maximum atomic E-state index is 15.2. The van der Waals surface area contributed by atoms with E-state index < -0.39 is 279 Å². The molecule has 2 saturated carbocycles. The maximum absolute atomic E-state index is 15.2. The topological polar surface area (TPSA) is 0 Å². The molecule has 2 fully saturated rings. The van der Waals surface area contributed by atoms with Crippen LogP contribution in [0.2, 0.25) is 0 Å². The minimum atomic E-state index is -2.92. The van der Waals surface area contributed by atoms with Gasteiger partial charge in [-0.05, 0) is 61.0 Å². The molecule has 0 nitrogen and oxygen atoms in total. The third kappa shape index (κ3) is 8.84. The van der Waals surface area contributed by atoms with Gasteiger partial charge in [0.1, 0.15) is 0 Å². The van der Waals surface area contributed by atoms with Crippen LogP contribution in [0.1, 0.15) is 73.4 Å². The maximum Gasteiger partial charge on any atom is 0.226 e. The third-order valence-corrected chi connectivity index (χ3v) is 15.3. The van der Waals surface area contributed by atoms with Gasteiger partial charge in [-0.3, -0.25) is 0 Å². The van der Waals surface area contributed by atoms with Gasteiger partial charge >= 0.3 is 0 Å². The predicted octanol–water partition coefficient (Wildman–Crippen LogP) is 15.7. The molecule has 444 valence electrons. The van der Waals surface area contributed by atoms with Gasteiger partial charge in [-0.1, -0.05) is 35.9 Å². The van der Waals surface area contributed by atoms with Crippen molar-refractivity contribution >= 4 is 35.3 Å². The summed E-state index contributed by atoms with van der Waals surface area (Å²) < 4.78 is 437. The zero-order valence-electron chi connectivity index (χ0n) is 40.8. The van der Waals surface area contributed by atoms with E-state index in [1.807, 2.05) is 0 Å². The molecule has 4 aliphatic rings. The highest BCUT2D eigenvalue weighted by Gasteiger charge is 2.58. The molecule has 0 spiro atoms. The van der Waals surface area contributed by atoms with Gasteiger partial charge in [0.2, 0.25) is 36.7 Å². The van der Waals surface area contributed by atoms with Crippen molar-refractivity contribution < 1.29 is 132 Å². The van der Waals surface area contributed by atoms with Crippen molar-refractivity contribution in [3.05, 3.63) is 208 Å². The number of hydrogen-bond donors (Lipinski definition) is 0. The number of halogens is 30. The van der Waals surface area contributed by atoms with E-state index in [9.17, 15) is 79.0 Å². The minimum absolute atomic E-state index is 0.0478. The Kier molecular flexibility index (Phi) is 15.6. The third-order valence-electron chi connectivity index (χ3n) is 15.3. The van der Waals surface area contributed by atoms with Crippen molar-refractivity contribution in [3.8, 4) is 0 Å². The van der Waals surface area contributed by atoms with Gasteiger partial charge in [0.25, 0.3) is 0 Å². The first kappa shape index (κ1) is 61.4. The van der Waals surface area contributed by atoms with Gasteiger partial charge in [-0.15, -0.1) is 0 Å². The smallest absolute Gasteiger partial charge is 0.204 e. The van der Waals surface area contributed by atoms with E-state index >= 15 is 52.7 Å². The average molecular weight is 1240 g/mol. The van der Waals surface area contributed by atoms with Gasteiger partial charge in [0, 0.05) is 33.2 Å². The molecule has 0 unspecified atom stereocenters. The van der Waals surface area contributed by atoms with E-state index in [1.54, 1.807) is 0 Å². The summed E-state index contributed by atoms with van der Waals surface area (Å²) in [5, 5.41) is 0. The molecule has 0 saturated heterocycles. The normalized spacial score (nSPS) is 19.0. The van der Waals surface area contributed by atoms with Gasteiger partial charge < -0.3 is 0 Å². The van der Waals surface area contributed by atoms with E-state index in [4.69, 9.17) is 0 Å². The second-order valence-electron chi connectivity index (χ2n) is 19.7. The Labute approximate surface area is 449 Å². The molecule has 0 N–H and O–H groups in total. The van der Waals surface area contributed by atoms with Crippen molar-refractivity contribution in [2.24, 2.45) is 23.7 Å². The van der Waals surface area contributed by atoms with Crippen LogP contribution in [-0.2, 0) is 0 Å². The predicted molar refractivity (Wildman–Crippen MR) is 231 cm³/mol. The molecule has 0 aromatic heterocycles. The molecule has 2 aliphatic heterocycles. The van der Waals surface area contributed by atoms with E-state index in [0.717, 1.165) is 13.8 Å². The van der Waals surface area contributed by atoms with Crippen molar-refractivity contribution in [2.45, 2.75) is 51.2 Å². The van der Waals surface area contributed by atoms with Crippen LogP contribution in [0.25, 0.3) is 10.9 Å². The molecular weight excluding hydrogens is 1220 g/mol. The zero-order valence-corrected chi connectivity index (χ0v) is 40.8. The average Bonchev–Trinajstić information content (AvgIpc) is 2.09. The van der Waals surface area contributed by atoms with Crippen molar-refractivity contribution in [1.29, 1.82) is 0 Å². The summed E-state index contributed by atoms with van der Waals surface area (Å²) >= 11 is 0. The Morgan fingerprint density at radius 2 is 0.393 bits per heavy atom. The van der Waals surface area contributed by atoms with Crippen LogP contribution in [0.15, 0.2) is 11.1 Å². The largest absolute Gasteiger partial charge is 0.226 e. The quantitative estimate of drug-likeness (QED) is 0.0617. The lowest BCUT2D eigenvalue weighted by Crippen LogP contribution is -2.44. The minimum Gasteiger partial charge on any atom is -0.204 e. The summed E-state index contributed by atoms with van der Waals surface area (Å²) in [7, 11) is 0. The Hall–Kier alpha value is -7.17. The van der Waals surface area contributed by atoms with Gasteiger partial charge in [0.15, 0.2) is 151 Å². The van der Waals surface area contributed by atoms with Gasteiger partial charge in [-0.25, -0.2) is 132 Å². The van der Waals surface area contributed by atoms with Crippen molar-refractivity contribution in [2.75, 3.05) is 0 Å². The molecule has 84 heavy (non-hydrogen) atoms. The lowest BCUT2D eigenvalue weighted by Gasteiger charge is -2.26. The highest BCUT2D eigenvalue weighted by atomic mass is 19.2. The van der Waals surface area contributed by atoms with Crippen LogP contribution < -0.4 is 10.9 Å². The number of hydrogen-bond acceptors (Lipinski definition) is 0. The fourth-order valence-electron chi connectivity index (χ4n) is 11.5. The van der Waals surface area contributed by atoms with E-state index in [2.05, 4.69) is 0 Å². The van der Waals surface area contributed by atoms with Crippen LogP contribution >= 0.6 is 0 Å². The molecule has 2 aliphatic carbocycles. The number of rotatable bonds is 8. The van der Waals surface area contributed by atoms with E-state index in [-0.39, 0.29) is 25.7 Å². The first-order chi connectivity index (χ1) is 39.1. The monoisotopic (exact) mass is 1240 g/mol. The number of allylic oxidation sites excluding steroid dienone is 2. The Morgan fingerprint density at radius 1 is 0.226 bits per heavy atom. The van der Waals surface area contributed by atoms with Crippen molar-refractivity contribution in [3.63, 3.8) is 0 Å². The molecule has 32 heteroatoms. The number of benzene rings is 6. The van der Waals surface area contributed by atoms with Crippen molar-refractivity contribution in [1.82, 2.24) is 0 Å². The van der Waals surface area contributed by atoms with Crippen LogP contribution in [0.4, 0.5) is 132 Å². The molecule has 2 heterocycles. The molecule has 0 radical (unpaired) electrons. The second kappa shape index (κ2) is 21.4. The second-order valence-corrected chi connectivity index (χ2v) is 19.7. The first-order valence-corrected chi connectivity index (χ1v) is 23.7. The standard InChI is InChI=1S/2C26H10BF15/c2*1-4-6(5-2-3-5)10(8-14(30)20(36)25(41)21(37)15(8)31)27(11-16(32)22(38)26(42)23(39)17(11)33)9(4)7-12(28)18(34)24(40)19(35)13(7)29/h2*4-5,9H,2-3H2,1H3/t2*4-,9-/m11/s1. The summed E-state index contributed by atoms with van der Waals surface area (Å²) in [6, 6.07) is 0. The fraction of sp³-hybridized carbons (Fsp3) is 0.231. The van der Waals surface area contributed by atoms with E-state index in [1.165, 1.54) is 0 Å². The molecular formula is C52H20B2F30. The Balaban J connectivity index is 0.000000202. The van der Waals surface area contributed by atoms with Gasteiger partial charge in [-0.2, -0.15) is 0 Å². The summed E-state index contributed by atoms with van der Waals surface area (Å²) in [4.78, 5) is 0. The van der Waals surface area contributed by atoms with E-state index in [0.29, 0.717) is 0 Å². The zero-order chi connectivity index (χ0) is 62.5. The first-order valence-electron chi connectivity index (χ1n) is 23.7. The molecule has 10 rings (SSSR count). The summed E-state index contributed by atoms with van der Waals surface area (Å²) in [6.07, 6.45) is 0.191. The molecule has 6 aromatic rings. The van der Waals surface area contributed by atoms with Crippen LogP contribution in [0, 0.1) is 198 Å². The molecule has 0 amide bonds. The molecule has 0 bridgehead atoms. The van der Waals surface area contributed by atoms with Gasteiger partial charge in [0.05, 0.1) is 0 Å². The fourth-order valence-corrected chi connectivity index (χ4v) is 11.5. The lowest BCUT2D eigenvalue weighted by atomic mass is 9.32. The lowest BCUT2D eigenvalue weighted by molar-refractivity contribution is 0.364. The summed E-state index contributed by atoms with van der Waals surface area (Å²) in [5.41, 5.74) is -15.3. The van der Waals surface area contributed by atoms with Crippen LogP contribution in [0.5, 0.6) is 0 Å². The molecule has 4 atom stereocenters. The Morgan fingerprint density at radius 3 is 0.583 bits per heavy atom. The SMILES string of the molecule is C[C@@H]1C(C2CC2)=C(c2c(F)c(F)c(F)c(F)c2F)B(c2c(F)c(F)c(F)c(F)c2F)[C@H]1c1c(F)c(F)c(F)c(F)c1F.C[C@@H]1C(C2CC2)=C(c2c(F)c(F)c(F)c(F)c2F)B(c2c(F)c(F)c(F)c(F)c2F)[C@H]1c1c(F)c(F)c(F)c(F)c1F. The Bertz CT molecular complexity index is 3530. The van der Waals surface area contributed by atoms with Crippen LogP contribution in [-0.4, -0.2) is 13.4 Å². The van der Waals surface area contributed by atoms with Crippen LogP contribution in [0.3, 0.4) is 0 Å².